The Kier molecular flexibility index (Phi) is 10.5. The van der Waals surface area contributed by atoms with Crippen LogP contribution in [0.5, 0.6) is 0 Å². The first-order chi connectivity index (χ1) is 17.7. The smallest absolute Gasteiger partial charge is 0.408 e. The van der Waals surface area contributed by atoms with E-state index in [1.165, 1.54) is 4.90 Å². The van der Waals surface area contributed by atoms with Gasteiger partial charge in [0.05, 0.1) is 6.61 Å². The molecule has 208 valence electrons. The van der Waals surface area contributed by atoms with Crippen molar-refractivity contribution in [2.75, 3.05) is 11.9 Å². The fourth-order valence-corrected chi connectivity index (χ4v) is 4.30. The Bertz CT molecular complexity index is 1130. The van der Waals surface area contributed by atoms with Crippen molar-refractivity contribution in [2.45, 2.75) is 92.5 Å². The number of hydrogen-bond acceptors (Lipinski definition) is 5. The summed E-state index contributed by atoms with van der Waals surface area (Å²) in [7, 11) is 0. The van der Waals surface area contributed by atoms with Crippen molar-refractivity contribution < 1.29 is 24.2 Å². The van der Waals surface area contributed by atoms with Crippen LogP contribution in [0.1, 0.15) is 74.9 Å². The summed E-state index contributed by atoms with van der Waals surface area (Å²) in [6.45, 7) is 16.0. The minimum absolute atomic E-state index is 0.376. The molecule has 0 radical (unpaired) electrons. The molecule has 8 nitrogen and oxygen atoms in total. The van der Waals surface area contributed by atoms with E-state index in [4.69, 9.17) is 4.74 Å². The molecule has 8 heteroatoms. The predicted octanol–water partition coefficient (Wildman–Crippen LogP) is 5.11. The van der Waals surface area contributed by atoms with Gasteiger partial charge in [-0.05, 0) is 89.6 Å². The first-order valence-corrected chi connectivity index (χ1v) is 13.1. The molecule has 2 rings (SSSR count). The summed E-state index contributed by atoms with van der Waals surface area (Å²) in [5.74, 6) is -0.950. The molecule has 0 aliphatic carbocycles. The predicted molar refractivity (Wildman–Crippen MR) is 150 cm³/mol. The van der Waals surface area contributed by atoms with Gasteiger partial charge in [0.15, 0.2) is 0 Å². The highest BCUT2D eigenvalue weighted by atomic mass is 16.6. The molecule has 2 aromatic carbocycles. The number of ether oxygens (including phenoxy) is 1. The van der Waals surface area contributed by atoms with Crippen LogP contribution in [0, 0.1) is 27.7 Å². The molecule has 0 spiro atoms. The van der Waals surface area contributed by atoms with E-state index in [1.807, 2.05) is 77.9 Å². The third-order valence-corrected chi connectivity index (χ3v) is 6.69. The zero-order chi connectivity index (χ0) is 28.8. The van der Waals surface area contributed by atoms with E-state index < -0.39 is 36.3 Å². The summed E-state index contributed by atoms with van der Waals surface area (Å²) in [4.78, 5) is 42.0. The molecule has 3 N–H and O–H groups in total. The first kappa shape index (κ1) is 30.8. The number of nitrogens with zero attached hydrogens (tertiary/aromatic N) is 1. The maximum absolute atomic E-state index is 14.1. The van der Waals surface area contributed by atoms with E-state index in [2.05, 4.69) is 10.6 Å². The van der Waals surface area contributed by atoms with Crippen LogP contribution in [-0.2, 0) is 14.3 Å². The van der Waals surface area contributed by atoms with Crippen LogP contribution in [0.4, 0.5) is 10.5 Å². The van der Waals surface area contributed by atoms with Gasteiger partial charge in [-0.25, -0.2) is 4.79 Å². The number of anilines is 1. The Morgan fingerprint density at radius 2 is 1.53 bits per heavy atom. The largest absolute Gasteiger partial charge is 0.444 e. The number of hydrogen-bond donors (Lipinski definition) is 3. The number of carbonyl (C=O) groups is 3. The van der Waals surface area contributed by atoms with Crippen molar-refractivity contribution in [2.24, 2.45) is 0 Å². The highest BCUT2D eigenvalue weighted by Gasteiger charge is 2.39. The topological polar surface area (TPSA) is 108 Å². The Hall–Kier alpha value is -3.39. The Balaban J connectivity index is 2.62. The second-order valence-corrected chi connectivity index (χ2v) is 10.8. The number of alkyl carbamates (subject to hydrolysis) is 1. The molecule has 38 heavy (non-hydrogen) atoms. The van der Waals surface area contributed by atoms with Crippen LogP contribution >= 0.6 is 0 Å². The summed E-state index contributed by atoms with van der Waals surface area (Å²) < 4.78 is 5.31. The fraction of sp³-hybridized carbons (Fsp3) is 0.500. The molecule has 3 amide bonds. The molecule has 2 aromatic rings. The van der Waals surface area contributed by atoms with E-state index in [9.17, 15) is 19.5 Å². The van der Waals surface area contributed by atoms with Gasteiger partial charge < -0.3 is 25.4 Å². The number of para-hydroxylation sites is 1. The van der Waals surface area contributed by atoms with Gasteiger partial charge in [0.1, 0.15) is 17.7 Å². The average Bonchev–Trinajstić information content (AvgIpc) is 2.83. The maximum atomic E-state index is 14.1. The molecule has 0 aromatic heterocycles. The van der Waals surface area contributed by atoms with Crippen molar-refractivity contribution in [3.63, 3.8) is 0 Å². The number of benzene rings is 2. The molecule has 0 saturated carbocycles. The minimum atomic E-state index is -1.29. The van der Waals surface area contributed by atoms with Crippen LogP contribution < -0.4 is 10.6 Å². The second kappa shape index (κ2) is 12.9. The van der Waals surface area contributed by atoms with Crippen molar-refractivity contribution in [1.82, 2.24) is 10.2 Å². The van der Waals surface area contributed by atoms with E-state index in [1.54, 1.807) is 20.8 Å². The molecule has 0 aliphatic heterocycles. The zero-order valence-corrected chi connectivity index (χ0v) is 24.1. The van der Waals surface area contributed by atoms with Crippen molar-refractivity contribution >= 4 is 23.6 Å². The Morgan fingerprint density at radius 1 is 0.974 bits per heavy atom. The summed E-state index contributed by atoms with van der Waals surface area (Å²) in [5, 5.41) is 15.7. The molecule has 0 bridgehead atoms. The summed E-state index contributed by atoms with van der Waals surface area (Å²) in [6, 6.07) is 8.73. The number of aryl methyl sites for hydroxylation is 3. The average molecular weight is 526 g/mol. The number of nitrogens with one attached hydrogen (secondary N) is 2. The zero-order valence-electron chi connectivity index (χ0n) is 24.1. The lowest BCUT2D eigenvalue weighted by atomic mass is 9.93. The molecule has 3 atom stereocenters. The molecule has 0 aliphatic rings. The highest BCUT2D eigenvalue weighted by Crippen LogP contribution is 2.31. The van der Waals surface area contributed by atoms with Crippen molar-refractivity contribution in [1.29, 1.82) is 0 Å². The van der Waals surface area contributed by atoms with E-state index in [-0.39, 0.29) is 11.9 Å². The molecule has 0 heterocycles. The number of rotatable bonds is 9. The van der Waals surface area contributed by atoms with Gasteiger partial charge in [-0.3, -0.25) is 9.59 Å². The lowest BCUT2D eigenvalue weighted by Gasteiger charge is -2.38. The SMILES string of the molecule is CCC(C)N(C(=O)C(CO)NC(=O)OC(C)(C)C)C(C(=O)Nc1c(C)cccc1C)c1cccc(C)c1C. The fourth-order valence-electron chi connectivity index (χ4n) is 4.30. The lowest BCUT2D eigenvalue weighted by Crippen LogP contribution is -2.56. The molecular weight excluding hydrogens is 482 g/mol. The molecular formula is C30H43N3O5. The third kappa shape index (κ3) is 7.57. The minimum Gasteiger partial charge on any atom is -0.444 e. The van der Waals surface area contributed by atoms with Crippen LogP contribution in [-0.4, -0.2) is 52.2 Å². The van der Waals surface area contributed by atoms with Crippen molar-refractivity contribution in [3.05, 3.63) is 64.2 Å². The van der Waals surface area contributed by atoms with Crippen LogP contribution in [0.3, 0.4) is 0 Å². The van der Waals surface area contributed by atoms with Gasteiger partial charge in [0.2, 0.25) is 5.91 Å². The van der Waals surface area contributed by atoms with Crippen LogP contribution in [0.2, 0.25) is 0 Å². The molecule has 0 saturated heterocycles. The van der Waals surface area contributed by atoms with E-state index in [0.717, 1.165) is 22.3 Å². The Labute approximate surface area is 226 Å². The standard InChI is InChI=1S/C30H43N3O5/c1-10-21(5)33(28(36)24(17-34)31-29(37)38-30(7,8)9)26(23-16-12-13-18(2)22(23)6)27(35)32-25-19(3)14-11-15-20(25)4/h11-16,21,24,26,34H,10,17H2,1-9H3,(H,31,37)(H,32,35). The van der Waals surface area contributed by atoms with E-state index >= 15 is 0 Å². The highest BCUT2D eigenvalue weighted by molar-refractivity contribution is 6.00. The second-order valence-electron chi connectivity index (χ2n) is 10.8. The van der Waals surface area contributed by atoms with Gasteiger partial charge in [-0.15, -0.1) is 0 Å². The Morgan fingerprint density at radius 3 is 2.05 bits per heavy atom. The van der Waals surface area contributed by atoms with Gasteiger partial charge in [0.25, 0.3) is 5.91 Å². The number of aliphatic hydroxyl groups is 1. The first-order valence-electron chi connectivity index (χ1n) is 13.1. The van der Waals surface area contributed by atoms with Gasteiger partial charge >= 0.3 is 6.09 Å². The monoisotopic (exact) mass is 525 g/mol. The molecule has 3 unspecified atom stereocenters. The van der Waals surface area contributed by atoms with Gasteiger partial charge in [0, 0.05) is 11.7 Å². The summed E-state index contributed by atoms with van der Waals surface area (Å²) >= 11 is 0. The normalized spacial score (nSPS) is 13.7. The van der Waals surface area contributed by atoms with E-state index in [0.29, 0.717) is 17.7 Å². The van der Waals surface area contributed by atoms with Crippen LogP contribution in [0.25, 0.3) is 0 Å². The third-order valence-electron chi connectivity index (χ3n) is 6.69. The summed E-state index contributed by atoms with van der Waals surface area (Å²) in [6.07, 6.45) is -0.272. The number of aliphatic hydroxyl groups excluding tert-OH is 1. The van der Waals surface area contributed by atoms with Crippen LogP contribution in [0.15, 0.2) is 36.4 Å². The van der Waals surface area contributed by atoms with Gasteiger partial charge in [-0.2, -0.15) is 0 Å². The lowest BCUT2D eigenvalue weighted by molar-refractivity contribution is -0.144. The quantitative estimate of drug-likeness (QED) is 0.422. The maximum Gasteiger partial charge on any atom is 0.408 e. The molecule has 0 fully saturated rings. The van der Waals surface area contributed by atoms with Gasteiger partial charge in [-0.1, -0.05) is 43.3 Å². The number of carbonyl (C=O) groups excluding carboxylic acids is 3. The number of amides is 3. The summed E-state index contributed by atoms with van der Waals surface area (Å²) in [5.41, 5.74) is 4.26. The van der Waals surface area contributed by atoms with Crippen molar-refractivity contribution in [3.8, 4) is 0 Å².